The number of nitrogens with zero attached hydrogens (tertiary/aromatic N) is 2. The zero-order valence-electron chi connectivity index (χ0n) is 23.7. The van der Waals surface area contributed by atoms with Gasteiger partial charge in [0.05, 0.1) is 31.7 Å². The summed E-state index contributed by atoms with van der Waals surface area (Å²) < 4.78 is 19.9. The number of amides is 1. The molecular weight excluding hydrogens is 589 g/mol. The van der Waals surface area contributed by atoms with Crippen molar-refractivity contribution in [3.8, 4) is 11.1 Å². The van der Waals surface area contributed by atoms with Crippen LogP contribution < -0.4 is 5.32 Å². The number of imidazole rings is 1. The second kappa shape index (κ2) is 14.2. The number of carbonyl (C=O) groups excluding carboxylic acids is 1. The predicted octanol–water partition coefficient (Wildman–Crippen LogP) is 7.25. The molecule has 4 unspecified atom stereocenters. The summed E-state index contributed by atoms with van der Waals surface area (Å²) in [6.07, 6.45) is 1.44. The lowest BCUT2D eigenvalue weighted by atomic mass is 9.90. The van der Waals surface area contributed by atoms with E-state index >= 15 is 0 Å². The fourth-order valence-electron chi connectivity index (χ4n) is 5.12. The second-order valence-electron chi connectivity index (χ2n) is 10.3. The van der Waals surface area contributed by atoms with Crippen LogP contribution in [-0.4, -0.2) is 33.5 Å². The van der Waals surface area contributed by atoms with E-state index in [1.165, 1.54) is 6.08 Å². The predicted molar refractivity (Wildman–Crippen MR) is 165 cm³/mol. The molecule has 2 heterocycles. The van der Waals surface area contributed by atoms with Crippen molar-refractivity contribution in [2.45, 2.75) is 45.1 Å². The average molecular weight is 623 g/mol. The van der Waals surface area contributed by atoms with Gasteiger partial charge in [-0.1, -0.05) is 116 Å². The zero-order chi connectivity index (χ0) is 30.3. The largest absolute Gasteiger partial charge is 0.445 e. The number of hydrogen-bond acceptors (Lipinski definition) is 6. The van der Waals surface area contributed by atoms with Gasteiger partial charge in [0.2, 0.25) is 0 Å². The summed E-state index contributed by atoms with van der Waals surface area (Å²) in [5, 5.41) is 12.9. The number of halogens is 2. The molecule has 0 aliphatic carbocycles. The molecule has 0 saturated carbocycles. The SMILES string of the molecule is C=CCOC(=O)NCc1ccccc1-c1ccc(C2OC(Cn3cnc(Cl)c3Cl)C(C)C(c3ccc(CO)cc3)O2)cc1. The standard InChI is InChI=1S/C33H33Cl2N3O5/c1-3-16-41-33(40)36-17-26-6-4-5-7-27(26)23-12-14-25(15-13-23)32-42-28(18-38-20-37-30(34)31(38)35)21(2)29(43-32)24-10-8-22(19-39)9-11-24/h3-15,20-21,28-29,32,39H,1,16-19H2,2H3,(H,36,40). The summed E-state index contributed by atoms with van der Waals surface area (Å²) in [6, 6.07) is 23.6. The number of aromatic nitrogens is 2. The molecule has 2 N–H and O–H groups in total. The molecule has 1 aromatic heterocycles. The molecule has 43 heavy (non-hydrogen) atoms. The Bertz CT molecular complexity index is 1540. The van der Waals surface area contributed by atoms with Crippen LogP contribution in [0.4, 0.5) is 4.79 Å². The number of aliphatic hydroxyl groups is 1. The number of rotatable bonds is 10. The number of hydrogen-bond donors (Lipinski definition) is 2. The van der Waals surface area contributed by atoms with Crippen LogP contribution in [0.25, 0.3) is 11.1 Å². The Kier molecular flexibility index (Phi) is 10.2. The minimum absolute atomic E-state index is 0.0272. The van der Waals surface area contributed by atoms with E-state index in [9.17, 15) is 9.90 Å². The van der Waals surface area contributed by atoms with E-state index in [1.807, 2.05) is 72.8 Å². The van der Waals surface area contributed by atoms with Crippen LogP contribution in [0.5, 0.6) is 0 Å². The van der Waals surface area contributed by atoms with Crippen molar-refractivity contribution in [2.24, 2.45) is 5.92 Å². The first kappa shape index (κ1) is 30.8. The normalized spacial score (nSPS) is 20.0. The Hall–Kier alpha value is -3.66. The van der Waals surface area contributed by atoms with Crippen LogP contribution in [0.2, 0.25) is 10.3 Å². The first-order chi connectivity index (χ1) is 20.9. The molecule has 1 aliphatic heterocycles. The molecule has 1 fully saturated rings. The molecule has 224 valence electrons. The lowest BCUT2D eigenvalue weighted by Gasteiger charge is -2.41. The Balaban J connectivity index is 1.38. The van der Waals surface area contributed by atoms with E-state index in [0.29, 0.717) is 18.2 Å². The fraction of sp³-hybridized carbons (Fsp3) is 0.273. The summed E-state index contributed by atoms with van der Waals surface area (Å²) in [5.74, 6) is -0.0368. The van der Waals surface area contributed by atoms with Crippen LogP contribution in [0.3, 0.4) is 0 Å². The van der Waals surface area contributed by atoms with Crippen molar-refractivity contribution < 1.29 is 24.1 Å². The second-order valence-corrected chi connectivity index (χ2v) is 11.0. The Morgan fingerprint density at radius 2 is 1.79 bits per heavy atom. The third-order valence-corrected chi connectivity index (χ3v) is 8.27. The number of carbonyl (C=O) groups is 1. The first-order valence-electron chi connectivity index (χ1n) is 13.9. The molecule has 4 aromatic rings. The Morgan fingerprint density at radius 3 is 2.47 bits per heavy atom. The molecule has 3 aromatic carbocycles. The van der Waals surface area contributed by atoms with Gasteiger partial charge in [0, 0.05) is 18.0 Å². The summed E-state index contributed by atoms with van der Waals surface area (Å²) >= 11 is 12.5. The van der Waals surface area contributed by atoms with Gasteiger partial charge in [0.15, 0.2) is 11.4 Å². The fourth-order valence-corrected chi connectivity index (χ4v) is 5.43. The van der Waals surface area contributed by atoms with Gasteiger partial charge in [-0.2, -0.15) is 0 Å². The van der Waals surface area contributed by atoms with Gasteiger partial charge in [-0.15, -0.1) is 0 Å². The van der Waals surface area contributed by atoms with Crippen LogP contribution in [0.15, 0.2) is 91.8 Å². The van der Waals surface area contributed by atoms with Crippen LogP contribution in [0, 0.1) is 5.92 Å². The molecule has 1 aliphatic rings. The molecular formula is C33H33Cl2N3O5. The van der Waals surface area contributed by atoms with Gasteiger partial charge in [-0.05, 0) is 27.8 Å². The maximum Gasteiger partial charge on any atom is 0.407 e. The van der Waals surface area contributed by atoms with Crippen molar-refractivity contribution in [1.82, 2.24) is 14.9 Å². The van der Waals surface area contributed by atoms with Gasteiger partial charge < -0.3 is 29.2 Å². The Morgan fingerprint density at radius 1 is 1.07 bits per heavy atom. The van der Waals surface area contributed by atoms with Crippen molar-refractivity contribution >= 4 is 29.3 Å². The minimum Gasteiger partial charge on any atom is -0.445 e. The maximum absolute atomic E-state index is 11.9. The third kappa shape index (κ3) is 7.29. The molecule has 4 atom stereocenters. The highest BCUT2D eigenvalue weighted by Crippen LogP contribution is 2.42. The summed E-state index contributed by atoms with van der Waals surface area (Å²) in [4.78, 5) is 16.1. The first-order valence-corrected chi connectivity index (χ1v) is 14.7. The van der Waals surface area contributed by atoms with E-state index in [4.69, 9.17) is 37.4 Å². The van der Waals surface area contributed by atoms with Gasteiger partial charge in [-0.3, -0.25) is 0 Å². The van der Waals surface area contributed by atoms with Gasteiger partial charge in [0.1, 0.15) is 11.8 Å². The lowest BCUT2D eigenvalue weighted by Crippen LogP contribution is -2.39. The van der Waals surface area contributed by atoms with Gasteiger partial charge in [0.25, 0.3) is 0 Å². The monoisotopic (exact) mass is 621 g/mol. The van der Waals surface area contributed by atoms with Gasteiger partial charge in [-0.25, -0.2) is 9.78 Å². The van der Waals surface area contributed by atoms with Crippen molar-refractivity contribution in [1.29, 1.82) is 0 Å². The third-order valence-electron chi connectivity index (χ3n) is 7.50. The molecule has 5 rings (SSSR count). The highest BCUT2D eigenvalue weighted by Gasteiger charge is 2.39. The molecule has 0 radical (unpaired) electrons. The number of ether oxygens (including phenoxy) is 3. The van der Waals surface area contributed by atoms with E-state index in [0.717, 1.165) is 33.4 Å². The molecule has 0 spiro atoms. The topological polar surface area (TPSA) is 94.8 Å². The minimum atomic E-state index is -0.646. The van der Waals surface area contributed by atoms with E-state index in [1.54, 1.807) is 10.9 Å². The summed E-state index contributed by atoms with van der Waals surface area (Å²) in [6.45, 7) is 6.53. The number of benzene rings is 3. The number of alkyl carbamates (subject to hydrolysis) is 1. The van der Waals surface area contributed by atoms with Crippen molar-refractivity contribution in [3.63, 3.8) is 0 Å². The quantitative estimate of drug-likeness (QED) is 0.181. The van der Waals surface area contributed by atoms with E-state index in [2.05, 4.69) is 23.8 Å². The van der Waals surface area contributed by atoms with Crippen molar-refractivity contribution in [3.05, 3.63) is 124 Å². The average Bonchev–Trinajstić information content (AvgIpc) is 3.36. The molecule has 0 bridgehead atoms. The highest BCUT2D eigenvalue weighted by atomic mass is 35.5. The number of aliphatic hydroxyl groups excluding tert-OH is 1. The Labute approximate surface area is 260 Å². The summed E-state index contributed by atoms with van der Waals surface area (Å²) in [7, 11) is 0. The van der Waals surface area contributed by atoms with Crippen molar-refractivity contribution in [2.75, 3.05) is 6.61 Å². The maximum atomic E-state index is 11.9. The zero-order valence-corrected chi connectivity index (χ0v) is 25.2. The molecule has 1 saturated heterocycles. The summed E-state index contributed by atoms with van der Waals surface area (Å²) in [5.41, 5.74) is 5.60. The lowest BCUT2D eigenvalue weighted by molar-refractivity contribution is -0.276. The van der Waals surface area contributed by atoms with Gasteiger partial charge >= 0.3 is 6.09 Å². The van der Waals surface area contributed by atoms with Crippen LogP contribution in [0.1, 0.15) is 41.6 Å². The highest BCUT2D eigenvalue weighted by molar-refractivity contribution is 6.40. The molecule has 1 amide bonds. The molecule has 8 nitrogen and oxygen atoms in total. The molecule has 10 heteroatoms. The van der Waals surface area contributed by atoms with E-state index < -0.39 is 12.4 Å². The smallest absolute Gasteiger partial charge is 0.407 e. The number of nitrogens with one attached hydrogen (secondary N) is 1. The van der Waals surface area contributed by atoms with E-state index in [-0.39, 0.29) is 36.5 Å². The van der Waals surface area contributed by atoms with Crippen LogP contribution >= 0.6 is 23.2 Å². The van der Waals surface area contributed by atoms with Crippen LogP contribution in [-0.2, 0) is 33.9 Å².